The molecular weight excluding hydrogens is 394 g/mol. The van der Waals surface area contributed by atoms with Crippen molar-refractivity contribution in [1.82, 2.24) is 0 Å². The van der Waals surface area contributed by atoms with Gasteiger partial charge in [-0.3, -0.25) is 9.59 Å². The number of methoxy groups -OCH3 is 1. The summed E-state index contributed by atoms with van der Waals surface area (Å²) in [5.74, 6) is -7.80. The van der Waals surface area contributed by atoms with E-state index < -0.39 is 70.9 Å². The lowest BCUT2D eigenvalue weighted by Gasteiger charge is -2.27. The normalized spacial score (nSPS) is 36.3. The average molecular weight is 414 g/mol. The van der Waals surface area contributed by atoms with Gasteiger partial charge in [-0.1, -0.05) is 6.08 Å². The molecule has 2 N–H and O–H groups in total. The van der Waals surface area contributed by atoms with Crippen molar-refractivity contribution in [3.8, 4) is 0 Å². The molecule has 158 valence electrons. The van der Waals surface area contributed by atoms with Crippen LogP contribution >= 0.6 is 0 Å². The molecule has 0 spiro atoms. The molecule has 0 aromatic carbocycles. The van der Waals surface area contributed by atoms with Crippen molar-refractivity contribution in [3.05, 3.63) is 35.1 Å². The minimum atomic E-state index is -3.82. The van der Waals surface area contributed by atoms with Crippen LogP contribution in [0.5, 0.6) is 0 Å². The number of ketones is 2. The molecule has 0 unspecified atom stereocenters. The van der Waals surface area contributed by atoms with Crippen LogP contribution in [0.15, 0.2) is 35.1 Å². The first-order chi connectivity index (χ1) is 13.6. The fourth-order valence-electron chi connectivity index (χ4n) is 3.32. The van der Waals surface area contributed by atoms with Crippen LogP contribution in [0.25, 0.3) is 0 Å². The van der Waals surface area contributed by atoms with Gasteiger partial charge in [0.05, 0.1) is 24.9 Å². The first-order valence-electron chi connectivity index (χ1n) is 8.93. The number of esters is 1. The number of ether oxygens (including phenoxy) is 3. The monoisotopic (exact) mass is 414 g/mol. The summed E-state index contributed by atoms with van der Waals surface area (Å²) in [5, 5.41) is 20.0. The standard InChI is InChI=1S/C19H20F2O8/c1-8-4-3-5-9(22)16(25)11(24)6-12-17(29-12)15-14(18(26)28-8)10(23)7-13(27-2)19(15,20)21/h3,5,7-8,11-12,16-17,24-25H,4,6H2,1-2H3/b5-3+/t8-,11-,12+,16+,17-/m0/s1. The fourth-order valence-corrected chi connectivity index (χ4v) is 3.32. The van der Waals surface area contributed by atoms with Crippen LogP contribution in [-0.2, 0) is 28.6 Å². The molecule has 0 bridgehead atoms. The van der Waals surface area contributed by atoms with Crippen LogP contribution in [0.3, 0.4) is 0 Å². The number of cyclic esters (lactones) is 1. The summed E-state index contributed by atoms with van der Waals surface area (Å²) >= 11 is 0. The van der Waals surface area contributed by atoms with E-state index in [2.05, 4.69) is 4.74 Å². The summed E-state index contributed by atoms with van der Waals surface area (Å²) < 4.78 is 44.8. The topological polar surface area (TPSA) is 123 Å². The third kappa shape index (κ3) is 4.00. The van der Waals surface area contributed by atoms with E-state index in [1.54, 1.807) is 0 Å². The summed E-state index contributed by atoms with van der Waals surface area (Å²) in [5.41, 5.74) is -1.76. The molecule has 1 saturated heterocycles. The van der Waals surface area contributed by atoms with Crippen LogP contribution in [0.4, 0.5) is 8.78 Å². The number of carbonyl (C=O) groups is 3. The molecule has 3 rings (SSSR count). The number of alkyl halides is 2. The van der Waals surface area contributed by atoms with Gasteiger partial charge in [-0.2, -0.15) is 8.78 Å². The minimum Gasteiger partial charge on any atom is -0.494 e. The Balaban J connectivity index is 2.03. The van der Waals surface area contributed by atoms with Gasteiger partial charge >= 0.3 is 11.9 Å². The first-order valence-corrected chi connectivity index (χ1v) is 8.93. The highest BCUT2D eigenvalue weighted by molar-refractivity contribution is 6.23. The smallest absolute Gasteiger partial charge is 0.342 e. The van der Waals surface area contributed by atoms with Gasteiger partial charge in [-0.15, -0.1) is 0 Å². The van der Waals surface area contributed by atoms with Gasteiger partial charge in [0.1, 0.15) is 23.9 Å². The molecule has 1 aliphatic carbocycles. The van der Waals surface area contributed by atoms with Gasteiger partial charge < -0.3 is 24.4 Å². The van der Waals surface area contributed by atoms with E-state index in [4.69, 9.17) is 9.47 Å². The molecule has 5 atom stereocenters. The molecule has 1 fully saturated rings. The number of epoxide rings is 1. The molecule has 0 aromatic heterocycles. The number of hydrogen-bond acceptors (Lipinski definition) is 8. The Hall–Kier alpha value is -2.43. The molecule has 8 nitrogen and oxygen atoms in total. The lowest BCUT2D eigenvalue weighted by Crippen LogP contribution is -2.38. The van der Waals surface area contributed by atoms with E-state index in [0.717, 1.165) is 13.2 Å². The highest BCUT2D eigenvalue weighted by Crippen LogP contribution is 2.48. The second kappa shape index (κ2) is 7.77. The van der Waals surface area contributed by atoms with Crippen molar-refractivity contribution in [2.75, 3.05) is 7.11 Å². The largest absolute Gasteiger partial charge is 0.494 e. The summed E-state index contributed by atoms with van der Waals surface area (Å²) in [7, 11) is 0.964. The Labute approximate surface area is 164 Å². The SMILES string of the molecule is COC1=CC(=O)C2=C([C@H]3O[C@@H]3C[C@H](O)[C@H](O)C(=O)/C=C/C[C@H](C)OC2=O)C1(F)F. The number of aliphatic hydroxyl groups is 2. The Bertz CT molecular complexity index is 828. The van der Waals surface area contributed by atoms with Crippen molar-refractivity contribution < 1.29 is 47.6 Å². The number of halogens is 2. The minimum absolute atomic E-state index is 0.0230. The fraction of sp³-hybridized carbons (Fsp3) is 0.526. The zero-order valence-corrected chi connectivity index (χ0v) is 15.6. The van der Waals surface area contributed by atoms with E-state index in [9.17, 15) is 33.4 Å². The highest BCUT2D eigenvalue weighted by atomic mass is 19.3. The van der Waals surface area contributed by atoms with Gasteiger partial charge in [0, 0.05) is 18.9 Å². The molecule has 2 aliphatic heterocycles. The molecular formula is C19H20F2O8. The third-order valence-electron chi connectivity index (χ3n) is 4.90. The maximum absolute atomic E-state index is 15.0. The molecule has 0 aromatic rings. The van der Waals surface area contributed by atoms with Crippen LogP contribution in [0.2, 0.25) is 0 Å². The van der Waals surface area contributed by atoms with Crippen molar-refractivity contribution in [3.63, 3.8) is 0 Å². The van der Waals surface area contributed by atoms with Gasteiger partial charge in [0.2, 0.25) is 0 Å². The molecule has 0 radical (unpaired) electrons. The van der Waals surface area contributed by atoms with E-state index >= 15 is 0 Å². The Morgan fingerprint density at radius 1 is 1.24 bits per heavy atom. The predicted molar refractivity (Wildman–Crippen MR) is 91.7 cm³/mol. The van der Waals surface area contributed by atoms with E-state index in [0.29, 0.717) is 6.08 Å². The molecule has 0 saturated carbocycles. The Morgan fingerprint density at radius 2 is 1.93 bits per heavy atom. The lowest BCUT2D eigenvalue weighted by molar-refractivity contribution is -0.144. The third-order valence-corrected chi connectivity index (χ3v) is 4.90. The van der Waals surface area contributed by atoms with Crippen LogP contribution in [0.1, 0.15) is 19.8 Å². The average Bonchev–Trinajstić information content (AvgIpc) is 3.39. The number of rotatable bonds is 1. The van der Waals surface area contributed by atoms with Crippen LogP contribution in [-0.4, -0.2) is 71.3 Å². The maximum Gasteiger partial charge on any atom is 0.342 e. The van der Waals surface area contributed by atoms with E-state index in [1.807, 2.05) is 0 Å². The lowest BCUT2D eigenvalue weighted by atomic mass is 9.87. The molecule has 3 aliphatic rings. The quantitative estimate of drug-likeness (QED) is 0.359. The first kappa shape index (κ1) is 21.3. The number of allylic oxidation sites excluding steroid dienone is 2. The van der Waals surface area contributed by atoms with Crippen molar-refractivity contribution in [1.29, 1.82) is 0 Å². The van der Waals surface area contributed by atoms with E-state index in [-0.39, 0.29) is 12.8 Å². The van der Waals surface area contributed by atoms with Crippen molar-refractivity contribution in [2.45, 2.75) is 56.2 Å². The molecule has 29 heavy (non-hydrogen) atoms. The number of carbonyl (C=O) groups excluding carboxylic acids is 3. The van der Waals surface area contributed by atoms with Crippen LogP contribution in [0, 0.1) is 0 Å². The van der Waals surface area contributed by atoms with Crippen molar-refractivity contribution in [2.24, 2.45) is 0 Å². The highest BCUT2D eigenvalue weighted by Gasteiger charge is 2.59. The predicted octanol–water partition coefficient (Wildman–Crippen LogP) is 0.371. The Morgan fingerprint density at radius 3 is 2.59 bits per heavy atom. The number of hydrogen-bond donors (Lipinski definition) is 2. The Kier molecular flexibility index (Phi) is 5.70. The summed E-state index contributed by atoms with van der Waals surface area (Å²) in [4.78, 5) is 36.8. The van der Waals surface area contributed by atoms with Gasteiger partial charge in [-0.25, -0.2) is 4.79 Å². The molecule has 2 heterocycles. The van der Waals surface area contributed by atoms with Crippen LogP contribution < -0.4 is 0 Å². The van der Waals surface area contributed by atoms with Gasteiger partial charge in [-0.05, 0) is 13.0 Å². The van der Waals surface area contributed by atoms with Gasteiger partial charge in [0.15, 0.2) is 17.3 Å². The molecule has 10 heteroatoms. The summed E-state index contributed by atoms with van der Waals surface area (Å²) in [6, 6.07) is 0. The summed E-state index contributed by atoms with van der Waals surface area (Å²) in [6.07, 6.45) is -4.08. The summed E-state index contributed by atoms with van der Waals surface area (Å²) in [6.45, 7) is 1.45. The zero-order chi connectivity index (χ0) is 21.5. The van der Waals surface area contributed by atoms with Gasteiger partial charge in [0.25, 0.3) is 0 Å². The second-order valence-corrected chi connectivity index (χ2v) is 7.04. The second-order valence-electron chi connectivity index (χ2n) is 7.04. The zero-order valence-electron chi connectivity index (χ0n) is 15.6. The van der Waals surface area contributed by atoms with Crippen molar-refractivity contribution >= 4 is 17.5 Å². The van der Waals surface area contributed by atoms with E-state index in [1.165, 1.54) is 13.0 Å². The maximum atomic E-state index is 15.0. The number of fused-ring (bicyclic) bond motifs is 2. The molecule has 0 amide bonds. The number of aliphatic hydroxyl groups excluding tert-OH is 2.